The van der Waals surface area contributed by atoms with E-state index < -0.39 is 0 Å². The summed E-state index contributed by atoms with van der Waals surface area (Å²) in [6.45, 7) is 6.85. The van der Waals surface area contributed by atoms with Crippen LogP contribution in [0.5, 0.6) is 0 Å². The fraction of sp³-hybridized carbons (Fsp3) is 0.727. The normalized spacial score (nSPS) is 17.4. The predicted octanol–water partition coefficient (Wildman–Crippen LogP) is 2.10. The molecule has 1 aliphatic rings. The van der Waals surface area contributed by atoms with Crippen molar-refractivity contribution in [2.24, 2.45) is 11.8 Å². The van der Waals surface area contributed by atoms with Gasteiger partial charge in [-0.2, -0.15) is 0 Å². The summed E-state index contributed by atoms with van der Waals surface area (Å²) in [5.74, 6) is 1.56. The van der Waals surface area contributed by atoms with Crippen LogP contribution in [0.3, 0.4) is 0 Å². The lowest BCUT2D eigenvalue weighted by atomic mass is 9.98. The molecule has 1 aromatic heterocycles. The van der Waals surface area contributed by atoms with Crippen LogP contribution in [0.15, 0.2) is 5.38 Å². The Morgan fingerprint density at radius 3 is 2.93 bits per heavy atom. The van der Waals surface area contributed by atoms with Gasteiger partial charge in [-0.15, -0.1) is 11.3 Å². The highest BCUT2D eigenvalue weighted by Crippen LogP contribution is 2.18. The lowest BCUT2D eigenvalue weighted by molar-refractivity contribution is 0.344. The Balaban J connectivity index is 1.88. The fourth-order valence-corrected chi connectivity index (χ4v) is 2.69. The van der Waals surface area contributed by atoms with E-state index in [-0.39, 0.29) is 0 Å². The summed E-state index contributed by atoms with van der Waals surface area (Å²) in [6, 6.07) is 0. The molecule has 0 radical (unpaired) electrons. The summed E-state index contributed by atoms with van der Waals surface area (Å²) >= 11 is 1.82. The van der Waals surface area contributed by atoms with E-state index in [9.17, 15) is 0 Å². The summed E-state index contributed by atoms with van der Waals surface area (Å²) in [6.07, 6.45) is 2.30. The highest BCUT2D eigenvalue weighted by Gasteiger charge is 2.18. The Labute approximate surface area is 89.8 Å². The lowest BCUT2D eigenvalue weighted by Gasteiger charge is -2.26. The molecule has 0 atom stereocenters. The van der Waals surface area contributed by atoms with Gasteiger partial charge in [-0.1, -0.05) is 13.8 Å². The first-order valence-electron chi connectivity index (χ1n) is 5.38. The van der Waals surface area contributed by atoms with E-state index >= 15 is 0 Å². The zero-order valence-corrected chi connectivity index (χ0v) is 9.73. The van der Waals surface area contributed by atoms with Crippen molar-refractivity contribution in [2.45, 2.75) is 26.7 Å². The van der Waals surface area contributed by atoms with E-state index in [1.165, 1.54) is 30.2 Å². The van der Waals surface area contributed by atoms with Gasteiger partial charge in [0.1, 0.15) is 0 Å². The van der Waals surface area contributed by atoms with Gasteiger partial charge in [-0.25, -0.2) is 4.98 Å². The van der Waals surface area contributed by atoms with Gasteiger partial charge in [0.25, 0.3) is 0 Å². The number of hydrogen-bond acceptors (Lipinski definition) is 3. The van der Waals surface area contributed by atoms with Crippen LogP contribution in [0.2, 0.25) is 0 Å². The molecule has 2 heterocycles. The molecule has 0 aromatic carbocycles. The molecule has 1 aromatic rings. The van der Waals surface area contributed by atoms with Crippen LogP contribution in [0.4, 0.5) is 0 Å². The third-order valence-electron chi connectivity index (χ3n) is 2.55. The second-order valence-corrected chi connectivity index (χ2v) is 5.50. The van der Waals surface area contributed by atoms with Crippen LogP contribution in [-0.4, -0.2) is 18.1 Å². The lowest BCUT2D eigenvalue weighted by Crippen LogP contribution is -2.43. The Kier molecular flexibility index (Phi) is 3.19. The minimum absolute atomic E-state index is 0.722. The maximum atomic E-state index is 4.66. The maximum Gasteiger partial charge on any atom is 0.0930 e. The van der Waals surface area contributed by atoms with E-state index in [0.29, 0.717) is 0 Å². The third kappa shape index (κ3) is 2.55. The molecule has 0 bridgehead atoms. The molecule has 0 amide bonds. The second-order valence-electron chi connectivity index (χ2n) is 4.56. The van der Waals surface area contributed by atoms with Crippen molar-refractivity contribution in [3.8, 4) is 0 Å². The summed E-state index contributed by atoms with van der Waals surface area (Å²) in [5.41, 5.74) is 1.30. The Hall–Kier alpha value is -0.410. The Morgan fingerprint density at radius 2 is 2.36 bits per heavy atom. The number of hydrogen-bond donors (Lipinski definition) is 1. The van der Waals surface area contributed by atoms with Gasteiger partial charge in [-0.3, -0.25) is 0 Å². The van der Waals surface area contributed by atoms with Crippen molar-refractivity contribution >= 4 is 11.3 Å². The highest BCUT2D eigenvalue weighted by molar-refractivity contribution is 7.09. The van der Waals surface area contributed by atoms with E-state index in [0.717, 1.165) is 18.3 Å². The van der Waals surface area contributed by atoms with Crippen molar-refractivity contribution in [3.05, 3.63) is 16.1 Å². The van der Waals surface area contributed by atoms with E-state index in [2.05, 4.69) is 29.5 Å². The topological polar surface area (TPSA) is 24.9 Å². The van der Waals surface area contributed by atoms with Crippen molar-refractivity contribution < 1.29 is 0 Å². The molecular weight excluding hydrogens is 192 g/mol. The predicted molar refractivity (Wildman–Crippen MR) is 60.7 cm³/mol. The zero-order chi connectivity index (χ0) is 9.97. The molecule has 1 saturated heterocycles. The van der Waals surface area contributed by atoms with Crippen LogP contribution >= 0.6 is 11.3 Å². The standard InChI is InChI=1S/C11H18N2S/c1-8(2)3-11-13-10(7-14-11)4-9-5-12-6-9/h7-9,12H,3-6H2,1-2H3. The first-order chi connectivity index (χ1) is 6.74. The average Bonchev–Trinajstić information content (AvgIpc) is 2.44. The molecule has 0 unspecified atom stereocenters. The third-order valence-corrected chi connectivity index (χ3v) is 3.47. The molecule has 14 heavy (non-hydrogen) atoms. The molecule has 2 rings (SSSR count). The number of nitrogens with zero attached hydrogens (tertiary/aromatic N) is 1. The van der Waals surface area contributed by atoms with Gasteiger partial charge in [-0.05, 0) is 31.3 Å². The first kappa shape index (κ1) is 10.1. The number of rotatable bonds is 4. The SMILES string of the molecule is CC(C)Cc1nc(CC2CNC2)cs1. The van der Waals surface area contributed by atoms with Gasteiger partial charge in [0.2, 0.25) is 0 Å². The molecule has 1 N–H and O–H groups in total. The quantitative estimate of drug-likeness (QED) is 0.823. The van der Waals surface area contributed by atoms with E-state index in [1.54, 1.807) is 0 Å². The van der Waals surface area contributed by atoms with Crippen molar-refractivity contribution in [1.29, 1.82) is 0 Å². The highest BCUT2D eigenvalue weighted by atomic mass is 32.1. The van der Waals surface area contributed by atoms with Crippen LogP contribution < -0.4 is 5.32 Å². The number of aromatic nitrogens is 1. The van der Waals surface area contributed by atoms with Crippen molar-refractivity contribution in [2.75, 3.05) is 13.1 Å². The molecule has 0 saturated carbocycles. The van der Waals surface area contributed by atoms with Crippen LogP contribution in [-0.2, 0) is 12.8 Å². The summed E-state index contributed by atoms with van der Waals surface area (Å²) in [7, 11) is 0. The summed E-state index contributed by atoms with van der Waals surface area (Å²) < 4.78 is 0. The minimum Gasteiger partial charge on any atom is -0.316 e. The van der Waals surface area contributed by atoms with Gasteiger partial charge in [0, 0.05) is 11.8 Å². The monoisotopic (exact) mass is 210 g/mol. The van der Waals surface area contributed by atoms with Crippen LogP contribution in [0.25, 0.3) is 0 Å². The van der Waals surface area contributed by atoms with Crippen LogP contribution in [0.1, 0.15) is 24.5 Å². The molecular formula is C11H18N2S. The largest absolute Gasteiger partial charge is 0.316 e. The number of nitrogens with one attached hydrogen (secondary N) is 1. The van der Waals surface area contributed by atoms with E-state index in [4.69, 9.17) is 0 Å². The molecule has 2 nitrogen and oxygen atoms in total. The Bertz CT molecular complexity index is 289. The smallest absolute Gasteiger partial charge is 0.0930 e. The van der Waals surface area contributed by atoms with Gasteiger partial charge >= 0.3 is 0 Å². The molecule has 78 valence electrons. The minimum atomic E-state index is 0.722. The van der Waals surface area contributed by atoms with Gasteiger partial charge in [0.15, 0.2) is 0 Å². The number of thiazole rings is 1. The maximum absolute atomic E-state index is 4.66. The van der Waals surface area contributed by atoms with Crippen molar-refractivity contribution in [1.82, 2.24) is 10.3 Å². The molecule has 3 heteroatoms. The average molecular weight is 210 g/mol. The second kappa shape index (κ2) is 4.41. The fourth-order valence-electron chi connectivity index (χ4n) is 1.67. The van der Waals surface area contributed by atoms with E-state index in [1.807, 2.05) is 11.3 Å². The molecule has 0 aliphatic carbocycles. The molecule has 1 aliphatic heterocycles. The Morgan fingerprint density at radius 1 is 1.57 bits per heavy atom. The summed E-state index contributed by atoms with van der Waals surface area (Å²) in [4.78, 5) is 4.66. The molecule has 0 spiro atoms. The first-order valence-corrected chi connectivity index (χ1v) is 6.26. The zero-order valence-electron chi connectivity index (χ0n) is 8.92. The van der Waals surface area contributed by atoms with Gasteiger partial charge < -0.3 is 5.32 Å². The van der Waals surface area contributed by atoms with Crippen molar-refractivity contribution in [3.63, 3.8) is 0 Å². The van der Waals surface area contributed by atoms with Gasteiger partial charge in [0.05, 0.1) is 10.7 Å². The van der Waals surface area contributed by atoms with Crippen LogP contribution in [0, 0.1) is 11.8 Å². The molecule has 1 fully saturated rings. The summed E-state index contributed by atoms with van der Waals surface area (Å²) in [5, 5.41) is 6.84.